The van der Waals surface area contributed by atoms with E-state index in [-0.39, 0.29) is 11.4 Å². The minimum Gasteiger partial charge on any atom is -0.327 e. The molecule has 0 aromatic heterocycles. The first-order valence-corrected chi connectivity index (χ1v) is 7.70. The van der Waals surface area contributed by atoms with Crippen LogP contribution in [0.1, 0.15) is 11.1 Å². The number of nitro benzene ring substituents is 2. The van der Waals surface area contributed by atoms with Crippen molar-refractivity contribution < 1.29 is 9.85 Å². The number of non-ortho nitro benzene ring substituents is 1. The fourth-order valence-electron chi connectivity index (χ4n) is 1.94. The maximum atomic E-state index is 10.5. The fourth-order valence-corrected chi connectivity index (χ4v) is 1.94. The SMILES string of the molecule is NC/C=C/c1cccc([N+](=O)[O-])c1.NC/C=C/c1ccccc1[N+](=O)[O-]. The van der Waals surface area contributed by atoms with Gasteiger partial charge >= 0.3 is 0 Å². The number of para-hydroxylation sites is 1. The molecule has 0 heterocycles. The first-order valence-electron chi connectivity index (χ1n) is 7.70. The average molecular weight is 356 g/mol. The lowest BCUT2D eigenvalue weighted by Gasteiger charge is -1.95. The van der Waals surface area contributed by atoms with E-state index in [1.807, 2.05) is 0 Å². The largest absolute Gasteiger partial charge is 0.327 e. The van der Waals surface area contributed by atoms with Crippen molar-refractivity contribution in [2.75, 3.05) is 13.1 Å². The molecule has 8 heteroatoms. The summed E-state index contributed by atoms with van der Waals surface area (Å²) in [6.07, 6.45) is 6.84. The van der Waals surface area contributed by atoms with Gasteiger partial charge in [0, 0.05) is 31.3 Å². The lowest BCUT2D eigenvalue weighted by atomic mass is 10.1. The molecule has 0 atom stereocenters. The molecule has 136 valence electrons. The van der Waals surface area contributed by atoms with Crippen molar-refractivity contribution in [3.05, 3.63) is 92.0 Å². The van der Waals surface area contributed by atoms with E-state index in [4.69, 9.17) is 11.5 Å². The van der Waals surface area contributed by atoms with E-state index in [2.05, 4.69) is 0 Å². The molecule has 0 saturated carbocycles. The van der Waals surface area contributed by atoms with Crippen molar-refractivity contribution in [3.63, 3.8) is 0 Å². The highest BCUT2D eigenvalue weighted by molar-refractivity contribution is 5.60. The molecule has 0 radical (unpaired) electrons. The van der Waals surface area contributed by atoms with Gasteiger partial charge in [0.2, 0.25) is 0 Å². The lowest BCUT2D eigenvalue weighted by molar-refractivity contribution is -0.385. The summed E-state index contributed by atoms with van der Waals surface area (Å²) in [4.78, 5) is 20.1. The van der Waals surface area contributed by atoms with E-state index in [1.165, 1.54) is 18.2 Å². The van der Waals surface area contributed by atoms with Crippen LogP contribution in [0.3, 0.4) is 0 Å². The van der Waals surface area contributed by atoms with Gasteiger partial charge in [-0.3, -0.25) is 20.2 Å². The Kier molecular flexibility index (Phi) is 8.94. The van der Waals surface area contributed by atoms with Crippen LogP contribution in [0.5, 0.6) is 0 Å². The zero-order valence-electron chi connectivity index (χ0n) is 14.0. The van der Waals surface area contributed by atoms with Gasteiger partial charge in [-0.15, -0.1) is 0 Å². The van der Waals surface area contributed by atoms with Gasteiger partial charge in [0.25, 0.3) is 11.4 Å². The van der Waals surface area contributed by atoms with Gasteiger partial charge in [0.1, 0.15) is 0 Å². The van der Waals surface area contributed by atoms with Crippen molar-refractivity contribution in [3.8, 4) is 0 Å². The Morgan fingerprint density at radius 3 is 2.12 bits per heavy atom. The van der Waals surface area contributed by atoms with Gasteiger partial charge in [-0.25, -0.2) is 0 Å². The monoisotopic (exact) mass is 356 g/mol. The molecule has 26 heavy (non-hydrogen) atoms. The molecule has 0 saturated heterocycles. The number of hydrogen-bond donors (Lipinski definition) is 2. The number of rotatable bonds is 6. The van der Waals surface area contributed by atoms with Crippen LogP contribution in [0, 0.1) is 20.2 Å². The molecule has 8 nitrogen and oxygen atoms in total. The van der Waals surface area contributed by atoms with Crippen LogP contribution in [0.2, 0.25) is 0 Å². The van der Waals surface area contributed by atoms with Gasteiger partial charge in [-0.1, -0.05) is 48.6 Å². The molecule has 0 aliphatic heterocycles. The quantitative estimate of drug-likeness (QED) is 0.602. The molecule has 0 aliphatic carbocycles. The fraction of sp³-hybridized carbons (Fsp3) is 0.111. The Hall–Kier alpha value is -3.36. The normalized spacial score (nSPS) is 10.5. The molecule has 2 rings (SSSR count). The number of nitro groups is 2. The third-order valence-electron chi connectivity index (χ3n) is 3.09. The van der Waals surface area contributed by atoms with Gasteiger partial charge in [-0.05, 0) is 11.6 Å². The minimum atomic E-state index is -0.417. The van der Waals surface area contributed by atoms with Crippen molar-refractivity contribution >= 4 is 23.5 Å². The maximum absolute atomic E-state index is 10.5. The van der Waals surface area contributed by atoms with Crippen molar-refractivity contribution in [2.45, 2.75) is 0 Å². The van der Waals surface area contributed by atoms with Crippen LogP contribution in [-0.4, -0.2) is 22.9 Å². The van der Waals surface area contributed by atoms with E-state index >= 15 is 0 Å². The van der Waals surface area contributed by atoms with Crippen molar-refractivity contribution in [2.24, 2.45) is 11.5 Å². The molecular weight excluding hydrogens is 336 g/mol. The van der Waals surface area contributed by atoms with Gasteiger partial charge in [0.05, 0.1) is 15.4 Å². The smallest absolute Gasteiger partial charge is 0.276 e. The summed E-state index contributed by atoms with van der Waals surface area (Å²) < 4.78 is 0. The Bertz CT molecular complexity index is 803. The first-order chi connectivity index (χ1) is 12.5. The Labute approximate surface area is 150 Å². The van der Waals surface area contributed by atoms with E-state index in [1.54, 1.807) is 54.6 Å². The Morgan fingerprint density at radius 1 is 0.846 bits per heavy atom. The van der Waals surface area contributed by atoms with E-state index in [0.29, 0.717) is 18.7 Å². The topological polar surface area (TPSA) is 138 Å². The van der Waals surface area contributed by atoms with Gasteiger partial charge in [0.15, 0.2) is 0 Å². The minimum absolute atomic E-state index is 0.0965. The summed E-state index contributed by atoms with van der Waals surface area (Å²) in [6.45, 7) is 0.814. The van der Waals surface area contributed by atoms with Crippen LogP contribution >= 0.6 is 0 Å². The third kappa shape index (κ3) is 7.04. The van der Waals surface area contributed by atoms with Crippen molar-refractivity contribution in [1.82, 2.24) is 0 Å². The molecule has 0 amide bonds. The molecule has 0 unspecified atom stereocenters. The zero-order valence-corrected chi connectivity index (χ0v) is 14.0. The summed E-state index contributed by atoms with van der Waals surface area (Å²) in [5, 5.41) is 20.9. The standard InChI is InChI=1S/2C9H10N2O2/c10-6-2-4-8-3-1-5-9(7-8)11(12)13;10-7-3-5-8-4-1-2-6-9(8)11(12)13/h1-5,7H,6,10H2;1-6H,7,10H2/b4-2+;5-3+. The molecule has 4 N–H and O–H groups in total. The van der Waals surface area contributed by atoms with Crippen LogP contribution in [0.25, 0.3) is 12.2 Å². The van der Waals surface area contributed by atoms with E-state index in [0.717, 1.165) is 5.56 Å². The van der Waals surface area contributed by atoms with Gasteiger partial charge < -0.3 is 11.5 Å². The number of nitrogens with two attached hydrogens (primary N) is 2. The molecule has 0 bridgehead atoms. The predicted octanol–water partition coefficient (Wildman–Crippen LogP) is 3.13. The first kappa shape index (κ1) is 20.7. The summed E-state index contributed by atoms with van der Waals surface area (Å²) in [6, 6.07) is 12.9. The number of benzene rings is 2. The molecule has 0 fully saturated rings. The van der Waals surface area contributed by atoms with Crippen LogP contribution in [-0.2, 0) is 0 Å². The zero-order chi connectivity index (χ0) is 19.4. The molecule has 0 spiro atoms. The molecular formula is C18H20N4O4. The highest BCUT2D eigenvalue weighted by atomic mass is 16.6. The number of hydrogen-bond acceptors (Lipinski definition) is 6. The molecule has 2 aromatic carbocycles. The third-order valence-corrected chi connectivity index (χ3v) is 3.09. The summed E-state index contributed by atoms with van der Waals surface area (Å²) in [5.41, 5.74) is 12.1. The highest BCUT2D eigenvalue weighted by Crippen LogP contribution is 2.18. The van der Waals surface area contributed by atoms with E-state index in [9.17, 15) is 20.2 Å². The summed E-state index contributed by atoms with van der Waals surface area (Å²) in [5.74, 6) is 0. The van der Waals surface area contributed by atoms with Crippen LogP contribution in [0.4, 0.5) is 11.4 Å². The van der Waals surface area contributed by atoms with Crippen molar-refractivity contribution in [1.29, 1.82) is 0 Å². The Balaban J connectivity index is 0.000000260. The second-order valence-electron chi connectivity index (χ2n) is 4.94. The van der Waals surface area contributed by atoms with Crippen LogP contribution in [0.15, 0.2) is 60.7 Å². The van der Waals surface area contributed by atoms with Crippen LogP contribution < -0.4 is 11.5 Å². The lowest BCUT2D eigenvalue weighted by Crippen LogP contribution is -1.94. The Morgan fingerprint density at radius 2 is 1.50 bits per heavy atom. The highest BCUT2D eigenvalue weighted by Gasteiger charge is 2.08. The second kappa shape index (κ2) is 11.2. The van der Waals surface area contributed by atoms with E-state index < -0.39 is 9.85 Å². The number of nitrogens with zero attached hydrogens (tertiary/aromatic N) is 2. The average Bonchev–Trinajstić information content (AvgIpc) is 2.65. The maximum Gasteiger partial charge on any atom is 0.276 e. The van der Waals surface area contributed by atoms with Gasteiger partial charge in [-0.2, -0.15) is 0 Å². The second-order valence-corrected chi connectivity index (χ2v) is 4.94. The molecule has 2 aromatic rings. The summed E-state index contributed by atoms with van der Waals surface area (Å²) >= 11 is 0. The predicted molar refractivity (Wildman–Crippen MR) is 102 cm³/mol. The summed E-state index contributed by atoms with van der Waals surface area (Å²) in [7, 11) is 0. The molecule has 0 aliphatic rings.